The second-order valence-corrected chi connectivity index (χ2v) is 4.18. The van der Waals surface area contributed by atoms with E-state index < -0.39 is 0 Å². The van der Waals surface area contributed by atoms with Crippen LogP contribution in [0.15, 0.2) is 18.2 Å². The number of hydrogen-bond donors (Lipinski definition) is 1. The molecule has 1 saturated heterocycles. The lowest BCUT2D eigenvalue weighted by Gasteiger charge is -2.23. The minimum atomic E-state index is -0.168. The van der Waals surface area contributed by atoms with Crippen LogP contribution < -0.4 is 5.32 Å². The number of morpholine rings is 1. The van der Waals surface area contributed by atoms with Gasteiger partial charge in [-0.15, -0.1) is 0 Å². The van der Waals surface area contributed by atoms with Crippen molar-refractivity contribution in [2.45, 2.75) is 6.10 Å². The Balaban J connectivity index is 2.18. The molecule has 1 atom stereocenters. The van der Waals surface area contributed by atoms with Crippen molar-refractivity contribution in [2.75, 3.05) is 13.2 Å². The molecular weight excluding hydrogens is 237 g/mol. The topological polar surface area (TPSA) is 38.3 Å². The lowest BCUT2D eigenvalue weighted by atomic mass is 10.1. The molecule has 0 saturated carbocycles. The Labute approximate surface area is 97.3 Å². The van der Waals surface area contributed by atoms with Gasteiger partial charge >= 0.3 is 0 Å². The van der Waals surface area contributed by atoms with E-state index in [1.54, 1.807) is 18.2 Å². The van der Waals surface area contributed by atoms with Gasteiger partial charge in [0.05, 0.1) is 0 Å². The number of halogens is 2. The van der Waals surface area contributed by atoms with Gasteiger partial charge in [0.2, 0.25) is 5.91 Å². The predicted octanol–water partition coefficient (Wildman–Crippen LogP) is 2.18. The summed E-state index contributed by atoms with van der Waals surface area (Å²) < 4.78 is 5.36. The monoisotopic (exact) mass is 245 g/mol. The van der Waals surface area contributed by atoms with Crippen molar-refractivity contribution < 1.29 is 9.53 Å². The third-order valence-corrected chi connectivity index (χ3v) is 2.59. The predicted molar refractivity (Wildman–Crippen MR) is 58.2 cm³/mol. The molecule has 1 N–H and O–H groups in total. The molecule has 1 aromatic rings. The van der Waals surface area contributed by atoms with E-state index in [1.807, 2.05) is 0 Å². The Morgan fingerprint density at radius 1 is 1.27 bits per heavy atom. The zero-order valence-corrected chi connectivity index (χ0v) is 9.31. The van der Waals surface area contributed by atoms with Crippen LogP contribution in [0.2, 0.25) is 10.0 Å². The number of carbonyl (C=O) groups is 1. The van der Waals surface area contributed by atoms with Crippen molar-refractivity contribution in [1.82, 2.24) is 5.32 Å². The first-order chi connectivity index (χ1) is 7.15. The number of amides is 1. The molecule has 0 radical (unpaired) electrons. The summed E-state index contributed by atoms with van der Waals surface area (Å²) in [5.41, 5.74) is 0.882. The van der Waals surface area contributed by atoms with Gasteiger partial charge in [-0.25, -0.2) is 0 Å². The Morgan fingerprint density at radius 2 is 1.93 bits per heavy atom. The average molecular weight is 246 g/mol. The highest BCUT2D eigenvalue weighted by Gasteiger charge is 2.20. The molecular formula is C10H9Cl2NO2. The number of ether oxygens (including phenoxy) is 1. The molecule has 0 spiro atoms. The van der Waals surface area contributed by atoms with E-state index in [1.165, 1.54) is 0 Å². The van der Waals surface area contributed by atoms with Crippen LogP contribution in [-0.2, 0) is 9.53 Å². The zero-order valence-electron chi connectivity index (χ0n) is 7.80. The quantitative estimate of drug-likeness (QED) is 0.824. The average Bonchev–Trinajstić information content (AvgIpc) is 2.17. The smallest absolute Gasteiger partial charge is 0.246 e. The van der Waals surface area contributed by atoms with E-state index >= 15 is 0 Å². The third-order valence-electron chi connectivity index (χ3n) is 2.16. The van der Waals surface area contributed by atoms with Gasteiger partial charge in [-0.2, -0.15) is 0 Å². The summed E-state index contributed by atoms with van der Waals surface area (Å²) in [4.78, 5) is 10.9. The number of carbonyl (C=O) groups excluding carboxylic acids is 1. The van der Waals surface area contributed by atoms with Gasteiger partial charge in [-0.05, 0) is 23.8 Å². The summed E-state index contributed by atoms with van der Waals surface area (Å²) in [6, 6.07) is 5.24. The fraction of sp³-hybridized carbons (Fsp3) is 0.300. The van der Waals surface area contributed by atoms with Crippen molar-refractivity contribution in [3.05, 3.63) is 33.8 Å². The Morgan fingerprint density at radius 3 is 2.47 bits per heavy atom. The van der Waals surface area contributed by atoms with Crippen LogP contribution in [0.1, 0.15) is 11.7 Å². The van der Waals surface area contributed by atoms with Gasteiger partial charge < -0.3 is 10.1 Å². The molecule has 0 unspecified atom stereocenters. The fourth-order valence-corrected chi connectivity index (χ4v) is 2.01. The Hall–Kier alpha value is -0.770. The maximum Gasteiger partial charge on any atom is 0.246 e. The standard InChI is InChI=1S/C10H9Cl2NO2/c11-7-1-6(2-8(12)3-7)9-4-13-10(14)5-15-9/h1-3,9H,4-5H2,(H,13,14)/t9-/m0/s1. The SMILES string of the molecule is O=C1CO[C@H](c2cc(Cl)cc(Cl)c2)CN1. The minimum Gasteiger partial charge on any atom is -0.362 e. The number of benzene rings is 1. The van der Waals surface area contributed by atoms with Crippen molar-refractivity contribution in [1.29, 1.82) is 0 Å². The van der Waals surface area contributed by atoms with Gasteiger partial charge in [0.1, 0.15) is 12.7 Å². The molecule has 3 nitrogen and oxygen atoms in total. The minimum absolute atomic E-state index is 0.0782. The van der Waals surface area contributed by atoms with Crippen LogP contribution >= 0.6 is 23.2 Å². The first kappa shape index (κ1) is 10.7. The number of hydrogen-bond acceptors (Lipinski definition) is 2. The van der Waals surface area contributed by atoms with Crippen LogP contribution in [0.5, 0.6) is 0 Å². The summed E-state index contributed by atoms with van der Waals surface area (Å²) >= 11 is 11.7. The van der Waals surface area contributed by atoms with Crippen molar-refractivity contribution >= 4 is 29.1 Å². The molecule has 15 heavy (non-hydrogen) atoms. The van der Waals surface area contributed by atoms with Gasteiger partial charge in [0, 0.05) is 16.6 Å². The second kappa shape index (κ2) is 4.39. The molecule has 1 heterocycles. The highest BCUT2D eigenvalue weighted by atomic mass is 35.5. The van der Waals surface area contributed by atoms with E-state index in [0.29, 0.717) is 16.6 Å². The molecule has 1 amide bonds. The lowest BCUT2D eigenvalue weighted by Crippen LogP contribution is -2.38. The first-order valence-corrected chi connectivity index (χ1v) is 5.25. The Kier molecular flexibility index (Phi) is 3.14. The van der Waals surface area contributed by atoms with E-state index in [2.05, 4.69) is 5.32 Å². The highest BCUT2D eigenvalue weighted by Crippen LogP contribution is 2.26. The summed E-state index contributed by atoms with van der Waals surface area (Å²) in [7, 11) is 0. The molecule has 0 aromatic heterocycles. The van der Waals surface area contributed by atoms with Gasteiger partial charge in [0.25, 0.3) is 0 Å². The van der Waals surface area contributed by atoms with Crippen molar-refractivity contribution in [3.63, 3.8) is 0 Å². The molecule has 1 aliphatic rings. The van der Waals surface area contributed by atoms with Crippen molar-refractivity contribution in [3.8, 4) is 0 Å². The van der Waals surface area contributed by atoms with Crippen LogP contribution in [0.4, 0.5) is 0 Å². The van der Waals surface area contributed by atoms with Crippen LogP contribution in [0.3, 0.4) is 0 Å². The second-order valence-electron chi connectivity index (χ2n) is 3.31. The van der Waals surface area contributed by atoms with E-state index in [-0.39, 0.29) is 18.6 Å². The molecule has 0 aliphatic carbocycles. The van der Waals surface area contributed by atoms with Crippen LogP contribution in [0, 0.1) is 0 Å². The summed E-state index contributed by atoms with van der Waals surface area (Å²) in [5.74, 6) is -0.0978. The molecule has 1 aromatic carbocycles. The van der Waals surface area contributed by atoms with Crippen molar-refractivity contribution in [2.24, 2.45) is 0 Å². The van der Waals surface area contributed by atoms with Crippen LogP contribution in [-0.4, -0.2) is 19.1 Å². The van der Waals surface area contributed by atoms with Gasteiger partial charge in [-0.1, -0.05) is 23.2 Å². The first-order valence-electron chi connectivity index (χ1n) is 4.49. The van der Waals surface area contributed by atoms with E-state index in [4.69, 9.17) is 27.9 Å². The highest BCUT2D eigenvalue weighted by molar-refractivity contribution is 6.34. The third kappa shape index (κ3) is 2.62. The maximum absolute atomic E-state index is 10.9. The number of rotatable bonds is 1. The largest absolute Gasteiger partial charge is 0.362 e. The zero-order chi connectivity index (χ0) is 10.8. The summed E-state index contributed by atoms with van der Waals surface area (Å²) in [5, 5.41) is 3.85. The molecule has 5 heteroatoms. The van der Waals surface area contributed by atoms with E-state index in [9.17, 15) is 4.79 Å². The lowest BCUT2D eigenvalue weighted by molar-refractivity contribution is -0.133. The fourth-order valence-electron chi connectivity index (χ4n) is 1.47. The normalized spacial score (nSPS) is 21.2. The van der Waals surface area contributed by atoms with Gasteiger partial charge in [0.15, 0.2) is 0 Å². The molecule has 2 rings (SSSR count). The molecule has 0 bridgehead atoms. The summed E-state index contributed by atoms with van der Waals surface area (Å²) in [6.07, 6.45) is -0.168. The van der Waals surface area contributed by atoms with E-state index in [0.717, 1.165) is 5.56 Å². The molecule has 1 aliphatic heterocycles. The molecule has 1 fully saturated rings. The Bertz CT molecular complexity index is 365. The summed E-state index contributed by atoms with van der Waals surface area (Å²) in [6.45, 7) is 0.532. The van der Waals surface area contributed by atoms with Gasteiger partial charge in [-0.3, -0.25) is 4.79 Å². The molecule has 80 valence electrons. The van der Waals surface area contributed by atoms with Crippen LogP contribution in [0.25, 0.3) is 0 Å². The number of nitrogens with one attached hydrogen (secondary N) is 1. The maximum atomic E-state index is 10.9.